The van der Waals surface area contributed by atoms with E-state index in [1.807, 2.05) is 20.8 Å². The Balaban J connectivity index is 2.16. The number of fused-ring (bicyclic) bond motifs is 1. The fourth-order valence-corrected chi connectivity index (χ4v) is 2.16. The highest BCUT2D eigenvalue weighted by Gasteiger charge is 2.53. The van der Waals surface area contributed by atoms with E-state index in [-0.39, 0.29) is 18.3 Å². The summed E-state index contributed by atoms with van der Waals surface area (Å²) in [6.07, 6.45) is -2.21. The van der Waals surface area contributed by atoms with Gasteiger partial charge < -0.3 is 24.1 Å². The monoisotopic (exact) mass is 218 g/mol. The first-order valence-electron chi connectivity index (χ1n) is 5.16. The van der Waals surface area contributed by atoms with Crippen LogP contribution in [0.1, 0.15) is 20.8 Å². The van der Waals surface area contributed by atoms with Crippen LogP contribution in [0.5, 0.6) is 0 Å². The van der Waals surface area contributed by atoms with Gasteiger partial charge in [-0.2, -0.15) is 0 Å². The molecular formula is C10H18O5. The van der Waals surface area contributed by atoms with Crippen LogP contribution in [0.4, 0.5) is 0 Å². The Kier molecular flexibility index (Phi) is 2.77. The van der Waals surface area contributed by atoms with Gasteiger partial charge in [-0.25, -0.2) is 0 Å². The third-order valence-corrected chi connectivity index (χ3v) is 2.82. The van der Waals surface area contributed by atoms with Crippen LogP contribution >= 0.6 is 0 Å². The lowest BCUT2D eigenvalue weighted by Crippen LogP contribution is -2.55. The number of rotatable bonds is 1. The van der Waals surface area contributed by atoms with Gasteiger partial charge in [-0.05, 0) is 20.8 Å². The van der Waals surface area contributed by atoms with E-state index in [0.717, 1.165) is 0 Å². The molecule has 2 heterocycles. The zero-order valence-corrected chi connectivity index (χ0v) is 9.47. The van der Waals surface area contributed by atoms with Gasteiger partial charge in [-0.3, -0.25) is 0 Å². The second kappa shape index (κ2) is 3.68. The number of hydrogen-bond acceptors (Lipinski definition) is 5. The van der Waals surface area contributed by atoms with Gasteiger partial charge in [0.05, 0.1) is 6.10 Å². The molecule has 2 aliphatic heterocycles. The van der Waals surface area contributed by atoms with Crippen LogP contribution in [0.25, 0.3) is 0 Å². The summed E-state index contributed by atoms with van der Waals surface area (Å²) in [5.41, 5.74) is 0. The molecule has 0 aliphatic carbocycles. The zero-order valence-electron chi connectivity index (χ0n) is 9.47. The molecule has 0 aromatic heterocycles. The Morgan fingerprint density at radius 2 is 1.80 bits per heavy atom. The first-order valence-corrected chi connectivity index (χ1v) is 5.16. The Bertz CT molecular complexity index is 242. The quantitative estimate of drug-likeness (QED) is 0.684. The number of methoxy groups -OCH3 is 1. The highest BCUT2D eigenvalue weighted by molar-refractivity contribution is 4.94. The van der Waals surface area contributed by atoms with Crippen molar-refractivity contribution in [2.45, 2.75) is 57.3 Å². The Morgan fingerprint density at radius 1 is 1.20 bits per heavy atom. The molecule has 0 aromatic carbocycles. The maximum Gasteiger partial charge on any atom is 0.186 e. The van der Waals surface area contributed by atoms with E-state index in [0.29, 0.717) is 0 Å². The molecule has 1 N–H and O–H groups in total. The van der Waals surface area contributed by atoms with Crippen molar-refractivity contribution in [1.82, 2.24) is 0 Å². The Labute approximate surface area is 89.3 Å². The maximum atomic E-state index is 9.93. The summed E-state index contributed by atoms with van der Waals surface area (Å²) in [6.45, 7) is 5.54. The molecule has 0 radical (unpaired) electrons. The van der Waals surface area contributed by atoms with Crippen molar-refractivity contribution in [2.75, 3.05) is 7.11 Å². The summed E-state index contributed by atoms with van der Waals surface area (Å²) in [5.74, 6) is -0.670. The molecule has 0 saturated carbocycles. The lowest BCUT2D eigenvalue weighted by atomic mass is 10.0. The lowest BCUT2D eigenvalue weighted by Gasteiger charge is -2.37. The molecule has 2 saturated heterocycles. The van der Waals surface area contributed by atoms with Gasteiger partial charge in [0.15, 0.2) is 12.1 Å². The standard InChI is InChI=1S/C10H18O5/c1-5-7-8(15-10(2,3)14-7)6(11)9(12-4)13-5/h5-9,11H,1-4H3/t5-,6-,7+,8-,9-/m0/s1. The average molecular weight is 218 g/mol. The lowest BCUT2D eigenvalue weighted by molar-refractivity contribution is -0.265. The molecule has 5 heteroatoms. The molecule has 5 atom stereocenters. The molecule has 0 bridgehead atoms. The SMILES string of the molecule is CO[C@H]1O[C@@H](C)[C@H]2OC(C)(C)O[C@H]2[C@@H]1O. The Hall–Kier alpha value is -0.200. The van der Waals surface area contributed by atoms with Crippen molar-refractivity contribution in [3.63, 3.8) is 0 Å². The van der Waals surface area contributed by atoms with Crippen LogP contribution in [0, 0.1) is 0 Å². The summed E-state index contributed by atoms with van der Waals surface area (Å²) in [7, 11) is 1.50. The van der Waals surface area contributed by atoms with Crippen LogP contribution in [0.15, 0.2) is 0 Å². The molecule has 0 spiro atoms. The van der Waals surface area contributed by atoms with E-state index < -0.39 is 18.2 Å². The molecule has 2 rings (SSSR count). The summed E-state index contributed by atoms with van der Waals surface area (Å²) in [5, 5.41) is 9.93. The van der Waals surface area contributed by atoms with Gasteiger partial charge in [-0.1, -0.05) is 0 Å². The van der Waals surface area contributed by atoms with Crippen LogP contribution in [-0.2, 0) is 18.9 Å². The maximum absolute atomic E-state index is 9.93. The van der Waals surface area contributed by atoms with E-state index >= 15 is 0 Å². The fourth-order valence-electron chi connectivity index (χ4n) is 2.16. The van der Waals surface area contributed by atoms with Crippen LogP contribution < -0.4 is 0 Å². The van der Waals surface area contributed by atoms with Crippen LogP contribution in [0.3, 0.4) is 0 Å². The highest BCUT2D eigenvalue weighted by atomic mass is 16.8. The van der Waals surface area contributed by atoms with Gasteiger partial charge in [0, 0.05) is 7.11 Å². The molecular weight excluding hydrogens is 200 g/mol. The normalized spacial score (nSPS) is 49.0. The minimum Gasteiger partial charge on any atom is -0.385 e. The van der Waals surface area contributed by atoms with Crippen molar-refractivity contribution in [3.05, 3.63) is 0 Å². The minimum atomic E-state index is -0.807. The fraction of sp³-hybridized carbons (Fsp3) is 1.00. The number of aliphatic hydroxyl groups is 1. The first kappa shape index (κ1) is 11.3. The highest BCUT2D eigenvalue weighted by Crippen LogP contribution is 2.37. The number of ether oxygens (including phenoxy) is 4. The molecule has 15 heavy (non-hydrogen) atoms. The molecule has 0 unspecified atom stereocenters. The largest absolute Gasteiger partial charge is 0.385 e. The van der Waals surface area contributed by atoms with Crippen molar-refractivity contribution in [1.29, 1.82) is 0 Å². The summed E-state index contributed by atoms with van der Waals surface area (Å²) >= 11 is 0. The summed E-state index contributed by atoms with van der Waals surface area (Å²) in [6, 6.07) is 0. The van der Waals surface area contributed by atoms with Crippen LogP contribution in [-0.4, -0.2) is 48.7 Å². The van der Waals surface area contributed by atoms with Gasteiger partial charge >= 0.3 is 0 Å². The second-order valence-electron chi connectivity index (χ2n) is 4.50. The van der Waals surface area contributed by atoms with E-state index in [4.69, 9.17) is 18.9 Å². The molecule has 0 amide bonds. The van der Waals surface area contributed by atoms with E-state index in [2.05, 4.69) is 0 Å². The van der Waals surface area contributed by atoms with E-state index in [1.54, 1.807) is 0 Å². The van der Waals surface area contributed by atoms with E-state index in [1.165, 1.54) is 7.11 Å². The smallest absolute Gasteiger partial charge is 0.186 e. The molecule has 88 valence electrons. The zero-order chi connectivity index (χ0) is 11.2. The molecule has 2 aliphatic rings. The predicted octanol–water partition coefficient (Wildman–Crippen LogP) is 0.259. The molecule has 5 nitrogen and oxygen atoms in total. The number of hydrogen-bond donors (Lipinski definition) is 1. The van der Waals surface area contributed by atoms with Crippen molar-refractivity contribution < 1.29 is 24.1 Å². The minimum absolute atomic E-state index is 0.148. The third kappa shape index (κ3) is 1.90. The van der Waals surface area contributed by atoms with Gasteiger partial charge in [0.2, 0.25) is 0 Å². The first-order chi connectivity index (χ1) is 6.94. The third-order valence-electron chi connectivity index (χ3n) is 2.82. The van der Waals surface area contributed by atoms with Gasteiger partial charge in [0.25, 0.3) is 0 Å². The molecule has 0 aromatic rings. The van der Waals surface area contributed by atoms with Gasteiger partial charge in [-0.15, -0.1) is 0 Å². The average Bonchev–Trinajstić information content (AvgIpc) is 2.48. The topological polar surface area (TPSA) is 57.2 Å². The van der Waals surface area contributed by atoms with E-state index in [9.17, 15) is 5.11 Å². The van der Waals surface area contributed by atoms with Gasteiger partial charge in [0.1, 0.15) is 18.3 Å². The summed E-state index contributed by atoms with van der Waals surface area (Å²) < 4.78 is 21.8. The summed E-state index contributed by atoms with van der Waals surface area (Å²) in [4.78, 5) is 0. The van der Waals surface area contributed by atoms with Crippen molar-refractivity contribution >= 4 is 0 Å². The second-order valence-corrected chi connectivity index (χ2v) is 4.50. The van der Waals surface area contributed by atoms with Crippen molar-refractivity contribution in [2.24, 2.45) is 0 Å². The Morgan fingerprint density at radius 3 is 2.40 bits per heavy atom. The van der Waals surface area contributed by atoms with Crippen LogP contribution in [0.2, 0.25) is 0 Å². The predicted molar refractivity (Wildman–Crippen MR) is 51.2 cm³/mol. The number of aliphatic hydroxyl groups excluding tert-OH is 1. The van der Waals surface area contributed by atoms with Crippen molar-refractivity contribution in [3.8, 4) is 0 Å². The molecule has 2 fully saturated rings.